The molecule has 45 heavy (non-hydrogen) atoms. The number of halogens is 1. The van der Waals surface area contributed by atoms with Gasteiger partial charge >= 0.3 is 5.97 Å². The number of unbranched alkanes of at least 4 members (excludes halogenated alkanes) is 2. The first-order valence-corrected chi connectivity index (χ1v) is 17.1. The van der Waals surface area contributed by atoms with Crippen molar-refractivity contribution in [1.29, 1.82) is 0 Å². The van der Waals surface area contributed by atoms with Gasteiger partial charge in [-0.05, 0) is 39.0 Å². The average molecular weight is 698 g/mol. The van der Waals surface area contributed by atoms with E-state index in [1.807, 2.05) is 0 Å². The Bertz CT molecular complexity index is 1090. The van der Waals surface area contributed by atoms with E-state index in [1.54, 1.807) is 28.9 Å². The minimum Gasteiger partial charge on any atom is -0.460 e. The summed E-state index contributed by atoms with van der Waals surface area (Å²) in [6.45, 7) is 14.0. The maximum atomic E-state index is 14.5. The highest BCUT2D eigenvalue weighted by atomic mass is 79.9. The highest BCUT2D eigenvalue weighted by Gasteiger charge is 2.77. The molecule has 13 heteroatoms. The molecule has 3 amide bonds. The number of aliphatic hydroxyl groups excluding tert-OH is 1. The van der Waals surface area contributed by atoms with E-state index in [0.29, 0.717) is 77.9 Å². The highest BCUT2D eigenvalue weighted by Crippen LogP contribution is 2.60. The number of alkyl halides is 1. The summed E-state index contributed by atoms with van der Waals surface area (Å²) in [6.07, 6.45) is 5.24. The van der Waals surface area contributed by atoms with Gasteiger partial charge in [0.05, 0.1) is 37.7 Å². The summed E-state index contributed by atoms with van der Waals surface area (Å²) >= 11 is 3.70. The van der Waals surface area contributed by atoms with Gasteiger partial charge < -0.3 is 34.4 Å². The molecule has 0 aromatic carbocycles. The number of allylic oxidation sites excluding steroid dienone is 1. The van der Waals surface area contributed by atoms with Crippen molar-refractivity contribution in [3.63, 3.8) is 0 Å². The van der Waals surface area contributed by atoms with Gasteiger partial charge in [0.1, 0.15) is 17.7 Å². The third kappa shape index (κ3) is 7.98. The summed E-state index contributed by atoms with van der Waals surface area (Å²) in [4.78, 5) is 59.9. The molecule has 4 aliphatic heterocycles. The van der Waals surface area contributed by atoms with Crippen molar-refractivity contribution in [2.75, 3.05) is 65.6 Å². The second kappa shape index (κ2) is 16.5. The van der Waals surface area contributed by atoms with Crippen LogP contribution < -0.4 is 5.32 Å². The number of esters is 1. The molecule has 2 bridgehead atoms. The molecule has 0 saturated carbocycles. The Morgan fingerprint density at radius 3 is 2.64 bits per heavy atom. The van der Waals surface area contributed by atoms with E-state index in [-0.39, 0.29) is 35.7 Å². The van der Waals surface area contributed by atoms with Crippen LogP contribution in [-0.4, -0.2) is 138 Å². The molecule has 2 N–H and O–H groups in total. The zero-order valence-corrected chi connectivity index (χ0v) is 28.0. The molecule has 252 valence electrons. The number of carbonyl (C=O) groups is 4. The van der Waals surface area contributed by atoms with Crippen molar-refractivity contribution in [3.05, 3.63) is 25.3 Å². The number of ether oxygens (including phenoxy) is 3. The first-order chi connectivity index (χ1) is 21.7. The van der Waals surface area contributed by atoms with Crippen molar-refractivity contribution >= 4 is 39.6 Å². The molecule has 0 aliphatic carbocycles. The quantitative estimate of drug-likeness (QED) is 0.0939. The third-order valence-corrected chi connectivity index (χ3v) is 10.1. The van der Waals surface area contributed by atoms with E-state index in [9.17, 15) is 24.3 Å². The van der Waals surface area contributed by atoms with E-state index in [0.717, 1.165) is 13.1 Å². The second-order valence-electron chi connectivity index (χ2n) is 12.4. The number of carbonyl (C=O) groups excluding carboxylic acids is 4. The normalized spacial score (nSPS) is 29.7. The van der Waals surface area contributed by atoms with Gasteiger partial charge in [-0.2, -0.15) is 0 Å². The van der Waals surface area contributed by atoms with Crippen molar-refractivity contribution in [3.8, 4) is 0 Å². The number of nitrogens with zero attached hydrogens (tertiary/aromatic N) is 3. The zero-order valence-electron chi connectivity index (χ0n) is 26.4. The summed E-state index contributed by atoms with van der Waals surface area (Å²) in [5, 5.41) is 12.1. The Hall–Kier alpha value is -2.32. The van der Waals surface area contributed by atoms with Gasteiger partial charge in [0, 0.05) is 57.1 Å². The van der Waals surface area contributed by atoms with Crippen LogP contribution in [0.25, 0.3) is 0 Å². The fourth-order valence-corrected chi connectivity index (χ4v) is 8.04. The van der Waals surface area contributed by atoms with E-state index < -0.39 is 41.7 Å². The molecule has 4 aliphatic rings. The van der Waals surface area contributed by atoms with Crippen LogP contribution in [0.4, 0.5) is 0 Å². The average Bonchev–Trinajstić information content (AvgIpc) is 3.62. The fraction of sp³-hybridized carbons (Fsp3) is 0.750. The fourth-order valence-electron chi connectivity index (χ4n) is 7.09. The Balaban J connectivity index is 1.55. The third-order valence-electron chi connectivity index (χ3n) is 9.28. The summed E-state index contributed by atoms with van der Waals surface area (Å²) in [5.74, 6) is -2.99. The predicted molar refractivity (Wildman–Crippen MR) is 170 cm³/mol. The van der Waals surface area contributed by atoms with Crippen LogP contribution in [0.5, 0.6) is 0 Å². The molecule has 12 nitrogen and oxygen atoms in total. The lowest BCUT2D eigenvalue weighted by Crippen LogP contribution is -2.57. The number of rotatable bonds is 18. The first-order valence-electron chi connectivity index (χ1n) is 16.2. The predicted octanol–water partition coefficient (Wildman–Crippen LogP) is 1.26. The summed E-state index contributed by atoms with van der Waals surface area (Å²) in [6, 6.07) is -0.904. The Morgan fingerprint density at radius 1 is 1.20 bits per heavy atom. The molecule has 4 rings (SSSR count). The smallest absolute Gasteiger partial charge is 0.312 e. The molecular formula is C32H49BrN4O8. The Labute approximate surface area is 274 Å². The molecule has 0 radical (unpaired) electrons. The lowest BCUT2D eigenvalue weighted by molar-refractivity contribution is -0.159. The molecule has 1 unspecified atom stereocenters. The highest BCUT2D eigenvalue weighted by molar-refractivity contribution is 9.09. The molecule has 4 fully saturated rings. The van der Waals surface area contributed by atoms with Gasteiger partial charge in [0.2, 0.25) is 17.7 Å². The van der Waals surface area contributed by atoms with Gasteiger partial charge in [0.25, 0.3) is 0 Å². The summed E-state index contributed by atoms with van der Waals surface area (Å²) in [7, 11) is 0. The number of likely N-dealkylation sites (tertiary alicyclic amines) is 1. The molecular weight excluding hydrogens is 648 g/mol. The molecule has 1 spiro atoms. The zero-order chi connectivity index (χ0) is 32.6. The van der Waals surface area contributed by atoms with E-state index in [2.05, 4.69) is 39.3 Å². The van der Waals surface area contributed by atoms with Gasteiger partial charge in [-0.1, -0.05) is 28.1 Å². The van der Waals surface area contributed by atoms with Gasteiger partial charge in [-0.15, -0.1) is 13.2 Å². The monoisotopic (exact) mass is 696 g/mol. The molecule has 7 atom stereocenters. The van der Waals surface area contributed by atoms with Crippen LogP contribution in [-0.2, 0) is 33.4 Å². The Kier molecular flexibility index (Phi) is 13.0. The van der Waals surface area contributed by atoms with Crippen LogP contribution in [0.2, 0.25) is 0 Å². The maximum absolute atomic E-state index is 14.5. The lowest BCUT2D eigenvalue weighted by atomic mass is 9.70. The van der Waals surface area contributed by atoms with E-state index >= 15 is 0 Å². The minimum absolute atomic E-state index is 0.0500. The van der Waals surface area contributed by atoms with E-state index in [1.165, 1.54) is 0 Å². The van der Waals surface area contributed by atoms with Crippen LogP contribution in [0.15, 0.2) is 25.3 Å². The standard InChI is InChI=1S/C32H49BrN4O8/c1-4-6-10-24(39)34-21-22(3)44-31(42)25-26-29(40)37(12-8-7-9-17-38)28(32(26)20-23(33)27(25)45-32)30(41)36(11-5-2)14-13-35-15-18-43-19-16-35/h4-5,22-23,25-28,38H,1-2,6-21H2,3H3,(H,34,39)/t22-,23?,25-,26+,27-,28-,32+/m1/s1. The number of hydrogen-bond donors (Lipinski definition) is 2. The number of amides is 3. The topological polar surface area (TPSA) is 138 Å². The van der Waals surface area contributed by atoms with Crippen LogP contribution in [0.1, 0.15) is 45.4 Å². The number of fused-ring (bicyclic) bond motifs is 1. The maximum Gasteiger partial charge on any atom is 0.312 e. The van der Waals surface area contributed by atoms with Gasteiger partial charge in [-0.3, -0.25) is 24.1 Å². The summed E-state index contributed by atoms with van der Waals surface area (Å²) in [5.41, 5.74) is -1.19. The van der Waals surface area contributed by atoms with Crippen LogP contribution >= 0.6 is 15.9 Å². The van der Waals surface area contributed by atoms with Crippen LogP contribution in [0, 0.1) is 11.8 Å². The van der Waals surface area contributed by atoms with Crippen LogP contribution in [0.3, 0.4) is 0 Å². The van der Waals surface area contributed by atoms with Gasteiger partial charge in [-0.25, -0.2) is 0 Å². The molecule has 4 heterocycles. The number of morpholine rings is 1. The molecule has 0 aromatic heterocycles. The number of hydrogen-bond acceptors (Lipinski definition) is 9. The molecule has 0 aromatic rings. The first kappa shape index (κ1) is 35.5. The van der Waals surface area contributed by atoms with Crippen molar-refractivity contribution < 1.29 is 38.5 Å². The minimum atomic E-state index is -1.19. The van der Waals surface area contributed by atoms with Gasteiger partial charge in [0.15, 0.2) is 0 Å². The SMILES string of the molecule is C=CCCC(=O)NC[C@@H](C)OC(=O)[C@H]1[C@@H]2O[C@@]3(CC2Br)[C@@H]1C(=O)N(CCCCCO)[C@@H]3C(=O)N(CC=C)CCN1CCOCC1. The Morgan fingerprint density at radius 2 is 1.96 bits per heavy atom. The largest absolute Gasteiger partial charge is 0.460 e. The molecule has 4 saturated heterocycles. The summed E-state index contributed by atoms with van der Waals surface area (Å²) < 4.78 is 17.9. The van der Waals surface area contributed by atoms with Crippen molar-refractivity contribution in [2.24, 2.45) is 11.8 Å². The van der Waals surface area contributed by atoms with E-state index in [4.69, 9.17) is 14.2 Å². The second-order valence-corrected chi connectivity index (χ2v) is 13.6. The lowest BCUT2D eigenvalue weighted by Gasteiger charge is -2.38. The van der Waals surface area contributed by atoms with Crippen molar-refractivity contribution in [1.82, 2.24) is 20.0 Å². The van der Waals surface area contributed by atoms with Crippen molar-refractivity contribution in [2.45, 2.75) is 74.1 Å². The number of aliphatic hydroxyl groups is 1. The number of nitrogens with one attached hydrogen (secondary N) is 1.